The predicted molar refractivity (Wildman–Crippen MR) is 135 cm³/mol. The van der Waals surface area contributed by atoms with Gasteiger partial charge in [0.25, 0.3) is 0 Å². The molecule has 3 amide bonds. The van der Waals surface area contributed by atoms with Gasteiger partial charge in [-0.1, -0.05) is 9.98 Å². The molecule has 2 aromatic heterocycles. The third-order valence-electron chi connectivity index (χ3n) is 7.23. The van der Waals surface area contributed by atoms with Crippen molar-refractivity contribution in [2.45, 2.75) is 70.4 Å². The number of nitrogens with one attached hydrogen (secondary N) is 5. The highest BCUT2D eigenvalue weighted by atomic mass is 16.2. The van der Waals surface area contributed by atoms with E-state index in [2.05, 4.69) is 41.1 Å². The largest absolute Gasteiger partial charge is 0.432 e. The van der Waals surface area contributed by atoms with E-state index in [1.165, 1.54) is 0 Å². The van der Waals surface area contributed by atoms with E-state index >= 15 is 0 Å². The van der Waals surface area contributed by atoms with Gasteiger partial charge < -0.3 is 20.9 Å². The van der Waals surface area contributed by atoms with Crippen LogP contribution in [0.4, 0.5) is 22.4 Å². The summed E-state index contributed by atoms with van der Waals surface area (Å²) in [7, 11) is 0. The van der Waals surface area contributed by atoms with Gasteiger partial charge in [-0.25, -0.2) is 9.78 Å². The number of aryl methyl sites for hydroxylation is 1. The number of hydrogen-bond donors (Lipinski definition) is 4. The minimum atomic E-state index is -0.0886. The number of carbonyl (C=O) groups is 2. The Bertz CT molecular complexity index is 1080. The van der Waals surface area contributed by atoms with Gasteiger partial charge in [-0.2, -0.15) is 5.10 Å². The second kappa shape index (κ2) is 11.0. The number of nitrogens with zero attached hydrogens (tertiary/aromatic N) is 4. The maximum Gasteiger partial charge on any atom is 0.432 e. The molecule has 0 unspecified atom stereocenters. The quantitative estimate of drug-likeness (QED) is 0.438. The molecular weight excluding hydrogens is 458 g/mol. The van der Waals surface area contributed by atoms with E-state index in [0.29, 0.717) is 29.4 Å². The average Bonchev–Trinajstić information content (AvgIpc) is 3.66. The number of carbonyl (C=O) groups excluding carboxylic acids is 2. The van der Waals surface area contributed by atoms with Crippen LogP contribution in [0.3, 0.4) is 0 Å². The molecule has 1 saturated heterocycles. The van der Waals surface area contributed by atoms with Crippen molar-refractivity contribution in [3.8, 4) is 0 Å². The van der Waals surface area contributed by atoms with E-state index in [1.807, 2.05) is 30.2 Å². The highest BCUT2D eigenvalue weighted by molar-refractivity contribution is 5.81. The molecular formula is C25H36N9O2+. The fourth-order valence-electron chi connectivity index (χ4n) is 4.96. The lowest BCUT2D eigenvalue weighted by Gasteiger charge is -2.33. The van der Waals surface area contributed by atoms with Crippen molar-refractivity contribution in [3.63, 3.8) is 0 Å². The zero-order valence-electron chi connectivity index (χ0n) is 20.8. The second-order valence-corrected chi connectivity index (χ2v) is 10.2. The predicted octanol–water partition coefficient (Wildman–Crippen LogP) is 2.63. The first-order chi connectivity index (χ1) is 17.5. The van der Waals surface area contributed by atoms with E-state index in [1.54, 1.807) is 6.20 Å². The van der Waals surface area contributed by atoms with Crippen molar-refractivity contribution in [3.05, 3.63) is 24.0 Å². The minimum Gasteiger partial charge on any atom is -0.342 e. The molecule has 2 aromatic rings. The molecule has 0 radical (unpaired) electrons. The van der Waals surface area contributed by atoms with Crippen LogP contribution in [-0.4, -0.2) is 63.4 Å². The molecule has 5 N–H and O–H groups in total. The van der Waals surface area contributed by atoms with Gasteiger partial charge in [0.05, 0.1) is 12.4 Å². The average molecular weight is 495 g/mol. The Kier molecular flexibility index (Phi) is 7.43. The summed E-state index contributed by atoms with van der Waals surface area (Å²) in [4.78, 5) is 38.8. The van der Waals surface area contributed by atoms with E-state index in [0.717, 1.165) is 70.2 Å². The van der Waals surface area contributed by atoms with Gasteiger partial charge in [0, 0.05) is 54.8 Å². The Balaban J connectivity index is 1.01. The molecule has 0 bridgehead atoms. The Hall–Kier alpha value is -3.50. The maximum absolute atomic E-state index is 12.5. The Morgan fingerprint density at radius 1 is 1.06 bits per heavy atom. The number of hydrogen-bond acceptors (Lipinski definition) is 6. The fourth-order valence-corrected chi connectivity index (χ4v) is 4.96. The molecule has 36 heavy (non-hydrogen) atoms. The highest BCUT2D eigenvalue weighted by Crippen LogP contribution is 2.32. The molecule has 192 valence electrons. The van der Waals surface area contributed by atoms with Crippen LogP contribution in [0, 0.1) is 18.8 Å². The van der Waals surface area contributed by atoms with Crippen molar-refractivity contribution in [2.24, 2.45) is 16.8 Å². The molecule has 11 heteroatoms. The minimum absolute atomic E-state index is 0.0886. The summed E-state index contributed by atoms with van der Waals surface area (Å²) in [6.07, 6.45) is 11.3. The number of urea groups is 1. The van der Waals surface area contributed by atoms with Crippen LogP contribution in [0.15, 0.2) is 23.3 Å². The van der Waals surface area contributed by atoms with E-state index in [-0.39, 0.29) is 24.0 Å². The molecule has 3 fully saturated rings. The van der Waals surface area contributed by atoms with Crippen LogP contribution in [0.2, 0.25) is 0 Å². The smallest absolute Gasteiger partial charge is 0.342 e. The summed E-state index contributed by atoms with van der Waals surface area (Å²) < 4.78 is 0. The van der Waals surface area contributed by atoms with E-state index in [9.17, 15) is 9.59 Å². The fraction of sp³-hybridized carbons (Fsp3) is 0.600. The number of H-pyrrole nitrogens is 2. The first-order valence-corrected chi connectivity index (χ1v) is 13.1. The van der Waals surface area contributed by atoms with Crippen LogP contribution in [0.5, 0.6) is 0 Å². The first-order valence-electron chi connectivity index (χ1n) is 13.1. The molecule has 2 aliphatic carbocycles. The number of amides is 3. The lowest BCUT2D eigenvalue weighted by molar-refractivity contribution is -0.366. The molecule has 1 aliphatic heterocycles. The molecule has 5 rings (SSSR count). The van der Waals surface area contributed by atoms with Gasteiger partial charge in [0.2, 0.25) is 11.7 Å². The van der Waals surface area contributed by atoms with Gasteiger partial charge in [-0.15, -0.1) is 0 Å². The number of aliphatic imine (C=N–C) groups is 1. The van der Waals surface area contributed by atoms with Crippen LogP contribution in [0.25, 0.3) is 0 Å². The number of aromatic amines is 2. The standard InChI is InChI=1S/C25H35N9O2/c1-16-14-22(33-32-16)30-21-8-11-26-24(31-21)27-15-17-2-6-19(7-3-17)28-25(36)29-20-9-12-34(13-10-20)23(35)18-4-5-18/h8,11,14-15,17-20H,2-7,9-10,12-13H2,1H3,(H2,28,29,36)(H2,26,30,31,32,33)/p+1/b27-15+. The third-order valence-corrected chi connectivity index (χ3v) is 7.23. The second-order valence-electron chi connectivity index (χ2n) is 10.2. The van der Waals surface area contributed by atoms with Gasteiger partial charge in [-0.05, 0) is 58.3 Å². The number of anilines is 2. The summed E-state index contributed by atoms with van der Waals surface area (Å²) in [5.74, 6) is 2.86. The van der Waals surface area contributed by atoms with Gasteiger partial charge in [0.1, 0.15) is 0 Å². The monoisotopic (exact) mass is 494 g/mol. The highest BCUT2D eigenvalue weighted by Gasteiger charge is 2.35. The lowest BCUT2D eigenvalue weighted by atomic mass is 9.87. The molecule has 0 spiro atoms. The summed E-state index contributed by atoms with van der Waals surface area (Å²) in [5.41, 5.74) is 0.975. The van der Waals surface area contributed by atoms with Crippen molar-refractivity contribution < 1.29 is 14.6 Å². The molecule has 0 aromatic carbocycles. The van der Waals surface area contributed by atoms with E-state index < -0.39 is 0 Å². The van der Waals surface area contributed by atoms with Gasteiger partial charge in [0.15, 0.2) is 5.82 Å². The topological polar surface area (TPSA) is 142 Å². The molecule has 0 atom stereocenters. The molecule has 11 nitrogen and oxygen atoms in total. The summed E-state index contributed by atoms with van der Waals surface area (Å²) >= 11 is 0. The van der Waals surface area contributed by atoms with Crippen LogP contribution < -0.4 is 20.9 Å². The summed E-state index contributed by atoms with van der Waals surface area (Å²) in [5, 5.41) is 16.5. The Labute approximate surface area is 211 Å². The van der Waals surface area contributed by atoms with Crippen LogP contribution in [0.1, 0.15) is 57.1 Å². The van der Waals surface area contributed by atoms with E-state index in [4.69, 9.17) is 0 Å². The SMILES string of the molecule is Cc1cc(Nc2cc[nH+]c(/N=C/C3CCC(NC(=O)NC4CCN(C(=O)C5CC5)CC4)CC3)n2)n[nH]1. The number of rotatable bonds is 7. The van der Waals surface area contributed by atoms with Crippen molar-refractivity contribution in [1.29, 1.82) is 0 Å². The van der Waals surface area contributed by atoms with Crippen molar-refractivity contribution in [2.75, 3.05) is 18.4 Å². The number of piperidine rings is 1. The number of likely N-dealkylation sites (tertiary alicyclic amines) is 1. The molecule has 3 aliphatic rings. The van der Waals surface area contributed by atoms with Gasteiger partial charge in [-0.3, -0.25) is 9.89 Å². The summed E-state index contributed by atoms with van der Waals surface area (Å²) in [6, 6.07) is 3.98. The van der Waals surface area contributed by atoms with Crippen LogP contribution >= 0.6 is 0 Å². The zero-order chi connectivity index (χ0) is 24.9. The summed E-state index contributed by atoms with van der Waals surface area (Å²) in [6.45, 7) is 3.44. The van der Waals surface area contributed by atoms with Crippen molar-refractivity contribution in [1.82, 2.24) is 30.7 Å². The maximum atomic E-state index is 12.5. The van der Waals surface area contributed by atoms with Gasteiger partial charge >= 0.3 is 12.0 Å². The lowest BCUT2D eigenvalue weighted by Crippen LogP contribution is -2.51. The first kappa shape index (κ1) is 24.2. The van der Waals surface area contributed by atoms with Crippen molar-refractivity contribution >= 4 is 35.7 Å². The Morgan fingerprint density at radius 2 is 1.78 bits per heavy atom. The Morgan fingerprint density at radius 3 is 2.44 bits per heavy atom. The number of aromatic nitrogens is 4. The molecule has 2 saturated carbocycles. The zero-order valence-corrected chi connectivity index (χ0v) is 20.8. The third kappa shape index (κ3) is 6.58. The normalized spacial score (nSPS) is 23.0. The van der Waals surface area contributed by atoms with Crippen LogP contribution in [-0.2, 0) is 4.79 Å². The molecule has 3 heterocycles.